The first-order chi connectivity index (χ1) is 9.97. The summed E-state index contributed by atoms with van der Waals surface area (Å²) in [5.74, 6) is -0.668. The monoisotopic (exact) mass is 288 g/mol. The van der Waals surface area contributed by atoms with Gasteiger partial charge in [0.2, 0.25) is 0 Å². The minimum atomic E-state index is -1.34. The summed E-state index contributed by atoms with van der Waals surface area (Å²) in [6, 6.07) is 6.50. The molecule has 0 saturated carbocycles. The van der Waals surface area contributed by atoms with E-state index >= 15 is 0 Å². The van der Waals surface area contributed by atoms with Crippen molar-refractivity contribution in [3.63, 3.8) is 0 Å². The van der Waals surface area contributed by atoms with Crippen LogP contribution in [0.1, 0.15) is 33.5 Å². The summed E-state index contributed by atoms with van der Waals surface area (Å²) in [6.45, 7) is 1.45. The zero-order valence-electron chi connectivity index (χ0n) is 11.1. The number of aromatic amines is 1. The van der Waals surface area contributed by atoms with Crippen LogP contribution in [0.4, 0.5) is 0 Å². The van der Waals surface area contributed by atoms with E-state index in [-0.39, 0.29) is 18.2 Å². The third-order valence-electron chi connectivity index (χ3n) is 2.72. The molecule has 2 N–H and O–H groups in total. The normalized spacial score (nSPS) is 10.1. The van der Waals surface area contributed by atoms with Crippen LogP contribution in [-0.2, 0) is 6.61 Å². The number of aromatic carboxylic acids is 1. The number of H-pyrrole nitrogens is 1. The van der Waals surface area contributed by atoms with Crippen LogP contribution in [0, 0.1) is 0 Å². The average molecular weight is 288 g/mol. The van der Waals surface area contributed by atoms with Crippen molar-refractivity contribution in [2.75, 3.05) is 0 Å². The molecule has 7 nitrogen and oxygen atoms in total. The van der Waals surface area contributed by atoms with Crippen LogP contribution >= 0.6 is 0 Å². The van der Waals surface area contributed by atoms with E-state index in [0.29, 0.717) is 11.3 Å². The maximum absolute atomic E-state index is 11.4. The standard InChI is InChI=1S/C14H12N2O5/c1-8(17)9-2-4-10(5-3-9)21-7-12-15-6-11(14(19)20)13(18)16-12/h2-6H,7H2,1H3,(H,19,20)(H,15,16,18). The quantitative estimate of drug-likeness (QED) is 0.801. The van der Waals surface area contributed by atoms with E-state index < -0.39 is 17.1 Å². The highest BCUT2D eigenvalue weighted by Crippen LogP contribution is 2.13. The number of ketones is 1. The molecule has 21 heavy (non-hydrogen) atoms. The number of rotatable bonds is 5. The summed E-state index contributed by atoms with van der Waals surface area (Å²) in [7, 11) is 0. The molecule has 0 bridgehead atoms. The van der Waals surface area contributed by atoms with Crippen molar-refractivity contribution in [2.24, 2.45) is 0 Å². The molecule has 7 heteroatoms. The smallest absolute Gasteiger partial charge is 0.342 e. The Balaban J connectivity index is 2.06. The lowest BCUT2D eigenvalue weighted by molar-refractivity contribution is 0.0694. The van der Waals surface area contributed by atoms with Gasteiger partial charge in [-0.3, -0.25) is 9.59 Å². The fraction of sp³-hybridized carbons (Fsp3) is 0.143. The number of carbonyl (C=O) groups excluding carboxylic acids is 1. The van der Waals surface area contributed by atoms with Crippen LogP contribution in [0.5, 0.6) is 5.75 Å². The molecule has 0 aliphatic heterocycles. The molecular formula is C14H12N2O5. The number of carboxylic acid groups (broad SMARTS) is 1. The molecule has 0 amide bonds. The second kappa shape index (κ2) is 6.00. The fourth-order valence-corrected chi connectivity index (χ4v) is 1.60. The Morgan fingerprint density at radius 2 is 1.95 bits per heavy atom. The van der Waals surface area contributed by atoms with Crippen molar-refractivity contribution in [2.45, 2.75) is 13.5 Å². The topological polar surface area (TPSA) is 109 Å². The van der Waals surface area contributed by atoms with Crippen molar-refractivity contribution in [3.05, 3.63) is 57.8 Å². The lowest BCUT2D eigenvalue weighted by atomic mass is 10.1. The van der Waals surface area contributed by atoms with Crippen LogP contribution in [0.2, 0.25) is 0 Å². The first-order valence-electron chi connectivity index (χ1n) is 6.02. The van der Waals surface area contributed by atoms with Crippen molar-refractivity contribution >= 4 is 11.8 Å². The van der Waals surface area contributed by atoms with Crippen molar-refractivity contribution in [1.29, 1.82) is 0 Å². The number of benzene rings is 1. The second-order valence-electron chi connectivity index (χ2n) is 4.25. The lowest BCUT2D eigenvalue weighted by Gasteiger charge is -2.06. The Labute approximate surface area is 119 Å². The number of ether oxygens (including phenoxy) is 1. The summed E-state index contributed by atoms with van der Waals surface area (Å²) in [6.07, 6.45) is 0.985. The van der Waals surface area contributed by atoms with Gasteiger partial charge in [0.25, 0.3) is 5.56 Å². The molecule has 0 fully saturated rings. The molecule has 0 atom stereocenters. The van der Waals surface area contributed by atoms with E-state index in [1.165, 1.54) is 6.92 Å². The van der Waals surface area contributed by atoms with Gasteiger partial charge >= 0.3 is 5.97 Å². The number of hydrogen-bond acceptors (Lipinski definition) is 5. The molecule has 108 valence electrons. The lowest BCUT2D eigenvalue weighted by Crippen LogP contribution is -2.20. The Kier molecular flexibility index (Phi) is 4.13. The molecule has 0 spiro atoms. The maximum atomic E-state index is 11.4. The molecular weight excluding hydrogens is 276 g/mol. The average Bonchev–Trinajstić information content (AvgIpc) is 2.45. The van der Waals surface area contributed by atoms with Gasteiger partial charge in [-0.05, 0) is 31.2 Å². The van der Waals surface area contributed by atoms with E-state index in [2.05, 4.69) is 9.97 Å². The fourth-order valence-electron chi connectivity index (χ4n) is 1.60. The van der Waals surface area contributed by atoms with Crippen LogP contribution in [0.25, 0.3) is 0 Å². The Morgan fingerprint density at radius 3 is 2.48 bits per heavy atom. The molecule has 1 heterocycles. The minimum Gasteiger partial charge on any atom is -0.486 e. The summed E-state index contributed by atoms with van der Waals surface area (Å²) in [4.78, 5) is 39.4. The van der Waals surface area contributed by atoms with Crippen LogP contribution < -0.4 is 10.3 Å². The molecule has 0 saturated heterocycles. The first kappa shape index (κ1) is 14.4. The van der Waals surface area contributed by atoms with Gasteiger partial charge in [-0.1, -0.05) is 0 Å². The molecule has 1 aromatic heterocycles. The molecule has 2 rings (SSSR count). The molecule has 0 unspecified atom stereocenters. The number of nitrogens with one attached hydrogen (secondary N) is 1. The third-order valence-corrected chi connectivity index (χ3v) is 2.72. The van der Waals surface area contributed by atoms with Gasteiger partial charge in [0, 0.05) is 11.8 Å². The van der Waals surface area contributed by atoms with Crippen molar-refractivity contribution in [3.8, 4) is 5.75 Å². The number of aromatic nitrogens is 2. The Hall–Kier alpha value is -2.96. The van der Waals surface area contributed by atoms with Crippen molar-refractivity contribution < 1.29 is 19.4 Å². The van der Waals surface area contributed by atoms with E-state index in [9.17, 15) is 14.4 Å². The predicted molar refractivity (Wildman–Crippen MR) is 72.6 cm³/mol. The molecule has 0 aliphatic rings. The van der Waals surface area contributed by atoms with Gasteiger partial charge in [-0.15, -0.1) is 0 Å². The summed E-state index contributed by atoms with van der Waals surface area (Å²) in [5.41, 5.74) is -0.590. The maximum Gasteiger partial charge on any atom is 0.342 e. The number of carboxylic acids is 1. The number of hydrogen-bond donors (Lipinski definition) is 2. The highest BCUT2D eigenvalue weighted by Gasteiger charge is 2.10. The number of nitrogens with zero attached hydrogens (tertiary/aromatic N) is 1. The molecule has 1 aromatic carbocycles. The van der Waals surface area contributed by atoms with Gasteiger partial charge in [0.15, 0.2) is 5.78 Å². The van der Waals surface area contributed by atoms with Crippen LogP contribution in [0.15, 0.2) is 35.3 Å². The van der Waals surface area contributed by atoms with Crippen LogP contribution in [0.3, 0.4) is 0 Å². The number of Topliss-reactive ketones (excluding diaryl/α,β-unsaturated/α-hetero) is 1. The first-order valence-corrected chi connectivity index (χ1v) is 6.02. The van der Waals surface area contributed by atoms with Crippen LogP contribution in [-0.4, -0.2) is 26.8 Å². The highest BCUT2D eigenvalue weighted by atomic mass is 16.5. The van der Waals surface area contributed by atoms with Gasteiger partial charge in [0.05, 0.1) is 0 Å². The highest BCUT2D eigenvalue weighted by molar-refractivity contribution is 5.94. The van der Waals surface area contributed by atoms with Gasteiger partial charge < -0.3 is 14.8 Å². The summed E-state index contributed by atoms with van der Waals surface area (Å²) in [5, 5.41) is 8.72. The van der Waals surface area contributed by atoms with Gasteiger partial charge in [0.1, 0.15) is 23.7 Å². The van der Waals surface area contributed by atoms with Gasteiger partial charge in [-0.2, -0.15) is 0 Å². The van der Waals surface area contributed by atoms with E-state index in [0.717, 1.165) is 6.20 Å². The largest absolute Gasteiger partial charge is 0.486 e. The predicted octanol–water partition coefficient (Wildman–Crippen LogP) is 1.25. The van der Waals surface area contributed by atoms with E-state index in [1.807, 2.05) is 0 Å². The summed E-state index contributed by atoms with van der Waals surface area (Å²) >= 11 is 0. The zero-order valence-corrected chi connectivity index (χ0v) is 11.1. The molecule has 2 aromatic rings. The number of carbonyl (C=O) groups is 2. The minimum absolute atomic E-state index is 0.0193. The second-order valence-corrected chi connectivity index (χ2v) is 4.25. The SMILES string of the molecule is CC(=O)c1ccc(OCc2ncc(C(=O)O)c(=O)[nH]2)cc1. The Bertz CT molecular complexity index is 734. The van der Waals surface area contributed by atoms with E-state index in [4.69, 9.17) is 9.84 Å². The Morgan fingerprint density at radius 1 is 1.29 bits per heavy atom. The zero-order chi connectivity index (χ0) is 15.4. The van der Waals surface area contributed by atoms with Gasteiger partial charge in [-0.25, -0.2) is 9.78 Å². The molecule has 0 radical (unpaired) electrons. The molecule has 0 aliphatic carbocycles. The third kappa shape index (κ3) is 3.53. The summed E-state index contributed by atoms with van der Waals surface area (Å²) < 4.78 is 5.39. The van der Waals surface area contributed by atoms with Crippen molar-refractivity contribution in [1.82, 2.24) is 9.97 Å². The van der Waals surface area contributed by atoms with E-state index in [1.54, 1.807) is 24.3 Å².